The minimum atomic E-state index is -0.751. The van der Waals surface area contributed by atoms with Crippen LogP contribution in [0.25, 0.3) is 0 Å². The lowest BCUT2D eigenvalue weighted by Crippen LogP contribution is -2.39. The molecular weight excluding hydrogens is 260 g/mol. The molecule has 1 heterocycles. The molecule has 0 saturated carbocycles. The van der Waals surface area contributed by atoms with Crippen LogP contribution in [0.2, 0.25) is 0 Å². The smallest absolute Gasteiger partial charge is 0.328 e. The van der Waals surface area contributed by atoms with Gasteiger partial charge in [0.1, 0.15) is 6.04 Å². The standard InChI is InChI=1S/C14H16N2O4/c1-10(14(19)20-2)16-13(18)12-6-7-15-9-11(12)5-3-4-8-17/h6-7,9-10,17H,4,8H2,1-2H3,(H,16,18). The van der Waals surface area contributed by atoms with Gasteiger partial charge in [0.25, 0.3) is 5.91 Å². The maximum Gasteiger partial charge on any atom is 0.328 e. The van der Waals surface area contributed by atoms with Crippen LogP contribution in [-0.2, 0) is 9.53 Å². The van der Waals surface area contributed by atoms with Gasteiger partial charge in [0.15, 0.2) is 0 Å². The number of hydrogen-bond donors (Lipinski definition) is 2. The van der Waals surface area contributed by atoms with Gasteiger partial charge in [0.05, 0.1) is 24.8 Å². The van der Waals surface area contributed by atoms with Crippen molar-refractivity contribution in [3.05, 3.63) is 29.6 Å². The van der Waals surface area contributed by atoms with Crippen molar-refractivity contribution in [3.63, 3.8) is 0 Å². The van der Waals surface area contributed by atoms with Crippen LogP contribution in [0.15, 0.2) is 18.5 Å². The first-order valence-corrected chi connectivity index (χ1v) is 6.02. The monoisotopic (exact) mass is 276 g/mol. The lowest BCUT2D eigenvalue weighted by molar-refractivity contribution is -0.142. The molecule has 0 saturated heterocycles. The highest BCUT2D eigenvalue weighted by Crippen LogP contribution is 2.06. The number of carbonyl (C=O) groups excluding carboxylic acids is 2. The fourth-order valence-corrected chi connectivity index (χ4v) is 1.42. The van der Waals surface area contributed by atoms with Crippen LogP contribution in [0.4, 0.5) is 0 Å². The van der Waals surface area contributed by atoms with E-state index in [2.05, 4.69) is 26.9 Å². The Morgan fingerprint density at radius 2 is 2.30 bits per heavy atom. The summed E-state index contributed by atoms with van der Waals surface area (Å²) in [6, 6.07) is 0.765. The Hall–Kier alpha value is -2.39. The molecule has 6 heteroatoms. The first kappa shape index (κ1) is 15.7. The molecule has 1 amide bonds. The minimum absolute atomic E-state index is 0.0475. The molecule has 0 radical (unpaired) electrons. The van der Waals surface area contributed by atoms with Gasteiger partial charge in [0, 0.05) is 18.8 Å². The number of nitrogens with zero attached hydrogens (tertiary/aromatic N) is 1. The molecule has 0 spiro atoms. The van der Waals surface area contributed by atoms with Crippen molar-refractivity contribution in [2.75, 3.05) is 13.7 Å². The quantitative estimate of drug-likeness (QED) is 0.602. The average molecular weight is 276 g/mol. The Morgan fingerprint density at radius 3 is 2.95 bits per heavy atom. The van der Waals surface area contributed by atoms with Crippen LogP contribution in [0.5, 0.6) is 0 Å². The molecule has 0 aromatic carbocycles. The van der Waals surface area contributed by atoms with Crippen molar-refractivity contribution in [3.8, 4) is 11.8 Å². The third-order valence-corrected chi connectivity index (χ3v) is 2.43. The van der Waals surface area contributed by atoms with E-state index in [4.69, 9.17) is 5.11 Å². The molecule has 106 valence electrons. The predicted octanol–water partition coefficient (Wildman–Crippen LogP) is 0.107. The number of amides is 1. The van der Waals surface area contributed by atoms with Crippen LogP contribution in [0.1, 0.15) is 29.3 Å². The lowest BCUT2D eigenvalue weighted by Gasteiger charge is -2.12. The molecule has 0 aliphatic carbocycles. The molecule has 0 fully saturated rings. The van der Waals surface area contributed by atoms with E-state index in [1.165, 1.54) is 32.5 Å². The number of rotatable bonds is 4. The van der Waals surface area contributed by atoms with Crippen LogP contribution in [0.3, 0.4) is 0 Å². The summed E-state index contributed by atoms with van der Waals surface area (Å²) in [5.74, 6) is 4.52. The van der Waals surface area contributed by atoms with Gasteiger partial charge in [-0.15, -0.1) is 0 Å². The number of methoxy groups -OCH3 is 1. The zero-order valence-electron chi connectivity index (χ0n) is 11.3. The van der Waals surface area contributed by atoms with E-state index in [1.54, 1.807) is 0 Å². The average Bonchev–Trinajstić information content (AvgIpc) is 2.47. The molecule has 20 heavy (non-hydrogen) atoms. The van der Waals surface area contributed by atoms with E-state index < -0.39 is 17.9 Å². The molecule has 0 aliphatic rings. The summed E-state index contributed by atoms with van der Waals surface area (Å²) in [7, 11) is 1.25. The maximum atomic E-state index is 12.1. The molecule has 0 bridgehead atoms. The Bertz CT molecular complexity index is 546. The van der Waals surface area contributed by atoms with E-state index in [1.807, 2.05) is 0 Å². The number of esters is 1. The fraction of sp³-hybridized carbons (Fsp3) is 0.357. The summed E-state index contributed by atoms with van der Waals surface area (Å²) >= 11 is 0. The van der Waals surface area contributed by atoms with E-state index in [-0.39, 0.29) is 6.61 Å². The Kier molecular flexibility index (Phi) is 6.20. The Morgan fingerprint density at radius 1 is 1.55 bits per heavy atom. The number of pyridine rings is 1. The van der Waals surface area contributed by atoms with Gasteiger partial charge < -0.3 is 15.2 Å². The molecule has 1 rings (SSSR count). The van der Waals surface area contributed by atoms with E-state index in [0.717, 1.165) is 0 Å². The predicted molar refractivity (Wildman–Crippen MR) is 71.8 cm³/mol. The highest BCUT2D eigenvalue weighted by atomic mass is 16.5. The third kappa shape index (κ3) is 4.37. The van der Waals surface area contributed by atoms with Gasteiger partial charge in [-0.1, -0.05) is 11.8 Å². The first-order chi connectivity index (χ1) is 9.60. The number of ether oxygens (including phenoxy) is 1. The zero-order valence-corrected chi connectivity index (χ0v) is 11.3. The van der Waals surface area contributed by atoms with Crippen molar-refractivity contribution in [1.29, 1.82) is 0 Å². The van der Waals surface area contributed by atoms with Crippen LogP contribution in [0, 0.1) is 11.8 Å². The van der Waals surface area contributed by atoms with E-state index in [9.17, 15) is 9.59 Å². The minimum Gasteiger partial charge on any atom is -0.467 e. The van der Waals surface area contributed by atoms with Gasteiger partial charge in [0.2, 0.25) is 0 Å². The number of aromatic nitrogens is 1. The van der Waals surface area contributed by atoms with Gasteiger partial charge in [-0.05, 0) is 13.0 Å². The van der Waals surface area contributed by atoms with Gasteiger partial charge in [-0.25, -0.2) is 4.79 Å². The van der Waals surface area contributed by atoms with Crippen molar-refractivity contribution >= 4 is 11.9 Å². The summed E-state index contributed by atoms with van der Waals surface area (Å²) in [6.07, 6.45) is 3.24. The SMILES string of the molecule is COC(=O)C(C)NC(=O)c1ccncc1C#CCCO. The number of aliphatic hydroxyl groups excluding tert-OH is 1. The molecule has 1 atom stereocenters. The van der Waals surface area contributed by atoms with Crippen molar-refractivity contribution < 1.29 is 19.4 Å². The lowest BCUT2D eigenvalue weighted by atomic mass is 10.1. The second kappa shape index (κ2) is 7.92. The number of nitrogens with one attached hydrogen (secondary N) is 1. The maximum absolute atomic E-state index is 12.1. The first-order valence-electron chi connectivity index (χ1n) is 6.02. The van der Waals surface area contributed by atoms with E-state index >= 15 is 0 Å². The topological polar surface area (TPSA) is 88.5 Å². The molecule has 1 aromatic rings. The highest BCUT2D eigenvalue weighted by molar-refractivity contribution is 5.98. The van der Waals surface area contributed by atoms with E-state index in [0.29, 0.717) is 17.5 Å². The largest absolute Gasteiger partial charge is 0.467 e. The Balaban J connectivity index is 2.88. The zero-order chi connectivity index (χ0) is 15.0. The summed E-state index contributed by atoms with van der Waals surface area (Å²) in [5.41, 5.74) is 0.761. The van der Waals surface area contributed by atoms with Gasteiger partial charge >= 0.3 is 5.97 Å². The highest BCUT2D eigenvalue weighted by Gasteiger charge is 2.18. The molecule has 1 aromatic heterocycles. The summed E-state index contributed by atoms with van der Waals surface area (Å²) in [5, 5.41) is 11.2. The van der Waals surface area contributed by atoms with Crippen LogP contribution < -0.4 is 5.32 Å². The molecular formula is C14H16N2O4. The van der Waals surface area contributed by atoms with Crippen molar-refractivity contribution in [2.45, 2.75) is 19.4 Å². The van der Waals surface area contributed by atoms with Gasteiger partial charge in [-0.2, -0.15) is 0 Å². The molecule has 6 nitrogen and oxygen atoms in total. The second-order valence-corrected chi connectivity index (χ2v) is 3.91. The van der Waals surface area contributed by atoms with Crippen molar-refractivity contribution in [2.24, 2.45) is 0 Å². The summed E-state index contributed by atoms with van der Waals surface area (Å²) in [6.45, 7) is 1.48. The molecule has 1 unspecified atom stereocenters. The summed E-state index contributed by atoms with van der Waals surface area (Å²) in [4.78, 5) is 27.2. The molecule has 2 N–H and O–H groups in total. The van der Waals surface area contributed by atoms with Crippen molar-refractivity contribution in [1.82, 2.24) is 10.3 Å². The number of hydrogen-bond acceptors (Lipinski definition) is 5. The third-order valence-electron chi connectivity index (χ3n) is 2.43. The fourth-order valence-electron chi connectivity index (χ4n) is 1.42. The summed E-state index contributed by atoms with van der Waals surface area (Å²) < 4.78 is 4.54. The van der Waals surface area contributed by atoms with Gasteiger partial charge in [-0.3, -0.25) is 9.78 Å². The Labute approximate surface area is 117 Å². The normalized spacial score (nSPS) is 10.9. The number of carbonyl (C=O) groups is 2. The second-order valence-electron chi connectivity index (χ2n) is 3.91. The van der Waals surface area contributed by atoms with Crippen LogP contribution in [-0.4, -0.2) is 41.7 Å². The van der Waals surface area contributed by atoms with Crippen LogP contribution >= 0.6 is 0 Å². The number of aliphatic hydroxyl groups is 1. The molecule has 0 aliphatic heterocycles.